The number of carboxylic acid groups (broad SMARTS) is 1. The summed E-state index contributed by atoms with van der Waals surface area (Å²) in [7, 11) is -7.06. The molecule has 10 nitrogen and oxygen atoms in total. The lowest BCUT2D eigenvalue weighted by Gasteiger charge is -2.22. The summed E-state index contributed by atoms with van der Waals surface area (Å²) in [5.74, 6) is -1.06. The van der Waals surface area contributed by atoms with Crippen molar-refractivity contribution in [1.29, 1.82) is 0 Å². The second kappa shape index (κ2) is 14.0. The first kappa shape index (κ1) is 32.2. The molecule has 0 bridgehead atoms. The number of rotatable bonds is 16. The Morgan fingerprint density at radius 3 is 2.41 bits per heavy atom. The summed E-state index contributed by atoms with van der Waals surface area (Å²) < 4.78 is 64.5. The number of nitrogens with one attached hydrogen (secondary N) is 1. The van der Waals surface area contributed by atoms with E-state index < -0.39 is 31.6 Å². The zero-order valence-electron chi connectivity index (χ0n) is 23.2. The number of allylic oxidation sites excluding steroid dienone is 3. The molecule has 1 unspecified atom stereocenters. The lowest BCUT2D eigenvalue weighted by molar-refractivity contribution is -0.438. The van der Waals surface area contributed by atoms with Crippen molar-refractivity contribution in [2.75, 3.05) is 24.7 Å². The zero-order chi connectivity index (χ0) is 30.1. The van der Waals surface area contributed by atoms with Gasteiger partial charge in [0.05, 0.1) is 23.2 Å². The number of anilines is 1. The molecule has 0 amide bonds. The summed E-state index contributed by atoms with van der Waals surface area (Å²) in [6.45, 7) is 2.46. The third-order valence-electron chi connectivity index (χ3n) is 7.09. The fourth-order valence-corrected chi connectivity index (χ4v) is 6.16. The summed E-state index contributed by atoms with van der Waals surface area (Å²) in [6, 6.07) is 14.1. The number of benzene rings is 2. The van der Waals surface area contributed by atoms with Gasteiger partial charge in [-0.05, 0) is 62.9 Å². The Balaban J connectivity index is 2.00. The maximum Gasteiger partial charge on any atom is 0.303 e. The number of hydrogen-bond acceptors (Lipinski definition) is 7. The first-order chi connectivity index (χ1) is 19.4. The van der Waals surface area contributed by atoms with Gasteiger partial charge >= 0.3 is 5.97 Å². The summed E-state index contributed by atoms with van der Waals surface area (Å²) in [6.07, 6.45) is 9.96. The van der Waals surface area contributed by atoms with E-state index in [9.17, 15) is 26.2 Å². The lowest BCUT2D eigenvalue weighted by Crippen LogP contribution is -2.32. The average Bonchev–Trinajstić information content (AvgIpc) is 3.15. The Kier molecular flexibility index (Phi) is 11.0. The third kappa shape index (κ3) is 8.83. The molecular weight excluding hydrogens is 568 g/mol. The maximum atomic E-state index is 12.0. The van der Waals surface area contributed by atoms with E-state index >= 15 is 0 Å². The molecule has 2 aromatic carbocycles. The van der Waals surface area contributed by atoms with Gasteiger partial charge in [-0.15, -0.1) is 0 Å². The normalized spacial score (nSPS) is 17.4. The van der Waals surface area contributed by atoms with Gasteiger partial charge in [-0.1, -0.05) is 24.3 Å². The zero-order valence-corrected chi connectivity index (χ0v) is 24.8. The molecule has 0 fully saturated rings. The minimum absolute atomic E-state index is 0.0790. The van der Waals surface area contributed by atoms with Crippen molar-refractivity contribution in [3.8, 4) is 0 Å². The van der Waals surface area contributed by atoms with Crippen LogP contribution in [0.25, 0.3) is 0 Å². The second-order valence-corrected chi connectivity index (χ2v) is 13.3. The van der Waals surface area contributed by atoms with E-state index in [0.717, 1.165) is 24.2 Å². The van der Waals surface area contributed by atoms with Crippen molar-refractivity contribution in [1.82, 2.24) is 0 Å². The predicted octanol–water partition coefficient (Wildman–Crippen LogP) is 4.87. The molecule has 2 aromatic rings. The number of nitrogens with zero attached hydrogens (tertiary/aromatic N) is 1. The number of unbranched alkanes of at least 4 members (excludes halogenated alkanes) is 2. The molecule has 0 saturated heterocycles. The summed E-state index contributed by atoms with van der Waals surface area (Å²) in [4.78, 5) is 10.7. The van der Waals surface area contributed by atoms with Crippen LogP contribution in [-0.4, -0.2) is 62.2 Å². The summed E-state index contributed by atoms with van der Waals surface area (Å²) in [5.41, 5.74) is 2.36. The third-order valence-corrected chi connectivity index (χ3v) is 9.24. The van der Waals surface area contributed by atoms with Crippen molar-refractivity contribution in [2.45, 2.75) is 55.8 Å². The van der Waals surface area contributed by atoms with E-state index in [1.165, 1.54) is 12.1 Å². The summed E-state index contributed by atoms with van der Waals surface area (Å²) in [5, 5.41) is 12.2. The summed E-state index contributed by atoms with van der Waals surface area (Å²) >= 11 is 0. The van der Waals surface area contributed by atoms with Crippen LogP contribution in [0, 0.1) is 0 Å². The second-order valence-electron chi connectivity index (χ2n) is 9.99. The van der Waals surface area contributed by atoms with Gasteiger partial charge in [0.1, 0.15) is 6.54 Å². The van der Waals surface area contributed by atoms with Crippen LogP contribution >= 0.6 is 0 Å². The smallest absolute Gasteiger partial charge is 0.303 e. The van der Waals surface area contributed by atoms with Crippen molar-refractivity contribution >= 4 is 43.3 Å². The van der Waals surface area contributed by atoms with Gasteiger partial charge in [0, 0.05) is 42.4 Å². The first-order valence-electron chi connectivity index (χ1n) is 13.3. The molecule has 3 rings (SSSR count). The van der Waals surface area contributed by atoms with Crippen LogP contribution in [0.15, 0.2) is 77.9 Å². The molecule has 41 heavy (non-hydrogen) atoms. The van der Waals surface area contributed by atoms with E-state index in [0.29, 0.717) is 37.8 Å². The molecule has 1 aliphatic rings. The molecule has 12 heteroatoms. The van der Waals surface area contributed by atoms with Crippen LogP contribution in [-0.2, 0) is 34.6 Å². The molecule has 0 spiro atoms. The molecule has 1 heterocycles. The number of carbonyl (C=O) groups is 1. The minimum Gasteiger partial charge on any atom is -0.481 e. The number of para-hydroxylation sites is 1. The Labute approximate surface area is 241 Å². The quantitative estimate of drug-likeness (QED) is 0.0800. The average molecular weight is 606 g/mol. The topological polar surface area (TPSA) is 150 Å². The van der Waals surface area contributed by atoms with Crippen molar-refractivity contribution in [3.63, 3.8) is 0 Å². The monoisotopic (exact) mass is 605 g/mol. The number of hydrogen-bond donors (Lipinski definition) is 3. The van der Waals surface area contributed by atoms with Crippen LogP contribution in [0.3, 0.4) is 0 Å². The molecule has 0 radical (unpaired) electrons. The van der Waals surface area contributed by atoms with Gasteiger partial charge in [-0.25, -0.2) is 0 Å². The van der Waals surface area contributed by atoms with E-state index in [4.69, 9.17) is 5.11 Å². The lowest BCUT2D eigenvalue weighted by atomic mass is 9.76. The van der Waals surface area contributed by atoms with Gasteiger partial charge in [0.15, 0.2) is 5.71 Å². The van der Waals surface area contributed by atoms with Crippen LogP contribution in [0.5, 0.6) is 0 Å². The van der Waals surface area contributed by atoms with E-state index in [-0.39, 0.29) is 23.5 Å². The highest BCUT2D eigenvalue weighted by Gasteiger charge is 2.47. The number of aliphatic carboxylic acids is 1. The van der Waals surface area contributed by atoms with Crippen molar-refractivity contribution in [3.05, 3.63) is 78.5 Å². The van der Waals surface area contributed by atoms with Gasteiger partial charge < -0.3 is 10.4 Å². The van der Waals surface area contributed by atoms with Crippen molar-refractivity contribution < 1.29 is 40.0 Å². The Hall–Kier alpha value is -3.32. The molecular formula is C29H37N2O8S2+. The molecule has 0 aliphatic carbocycles. The fourth-order valence-electron chi connectivity index (χ4n) is 4.99. The first-order valence-corrected chi connectivity index (χ1v) is 16.3. The molecule has 0 saturated carbocycles. The van der Waals surface area contributed by atoms with Gasteiger partial charge in [-0.3, -0.25) is 13.5 Å². The highest BCUT2D eigenvalue weighted by atomic mass is 32.2. The van der Waals surface area contributed by atoms with Crippen LogP contribution in [0.2, 0.25) is 0 Å². The molecule has 1 atom stereocenters. The standard InChI is InChI=1S/C29H36N2O8S2/c1-29(18-11-21-40(34,35)39-2)25-22-24(41(36,37)38)16-17-26(25)31(20-10-4-7-15-28(32)33)27(29)14-8-9-19-30-23-12-5-3-6-13-23/h3,5-6,8-9,12-14,16-17,19,22H,4,7,10-11,15,18,20-21H2,1-2H3,(H2,32,33,36,37,38)/p+1. The van der Waals surface area contributed by atoms with Gasteiger partial charge in [0.2, 0.25) is 5.69 Å². The SMILES string of the molecule is COS(=O)(=O)CCCC1(C)C(/C=C/C=C/Nc2ccccc2)=[N+](CCCCCC(=O)O)c2ccc(S(=O)(=O)O)cc21. The van der Waals surface area contributed by atoms with Crippen LogP contribution in [0.1, 0.15) is 51.0 Å². The predicted molar refractivity (Wildman–Crippen MR) is 158 cm³/mol. The Bertz CT molecular complexity index is 1530. The molecule has 222 valence electrons. The van der Waals surface area contributed by atoms with E-state index in [2.05, 4.69) is 14.1 Å². The van der Waals surface area contributed by atoms with E-state index in [1.807, 2.05) is 55.5 Å². The number of fused-ring (bicyclic) bond motifs is 1. The van der Waals surface area contributed by atoms with Crippen LogP contribution in [0.4, 0.5) is 11.4 Å². The maximum absolute atomic E-state index is 12.0. The van der Waals surface area contributed by atoms with E-state index in [1.54, 1.807) is 12.3 Å². The highest BCUT2D eigenvalue weighted by Crippen LogP contribution is 2.44. The molecule has 1 aliphatic heterocycles. The van der Waals surface area contributed by atoms with Crippen LogP contribution < -0.4 is 5.32 Å². The fraction of sp³-hybridized carbons (Fsp3) is 0.379. The number of carboxylic acids is 1. The molecule has 3 N–H and O–H groups in total. The van der Waals surface area contributed by atoms with Crippen molar-refractivity contribution in [2.24, 2.45) is 0 Å². The minimum atomic E-state index is -4.48. The largest absolute Gasteiger partial charge is 0.481 e. The van der Waals surface area contributed by atoms with Gasteiger partial charge in [-0.2, -0.15) is 21.4 Å². The Morgan fingerprint density at radius 2 is 1.76 bits per heavy atom. The Morgan fingerprint density at radius 1 is 1.02 bits per heavy atom. The highest BCUT2D eigenvalue weighted by molar-refractivity contribution is 7.86. The van der Waals surface area contributed by atoms with Gasteiger partial charge in [0.25, 0.3) is 20.2 Å². The molecule has 0 aromatic heterocycles.